The second-order valence-corrected chi connectivity index (χ2v) is 4.73. The number of benzene rings is 1. The van der Waals surface area contributed by atoms with E-state index in [1.165, 1.54) is 0 Å². The predicted molar refractivity (Wildman–Crippen MR) is 77.1 cm³/mol. The number of nitrogens with one attached hydrogen (secondary N) is 3. The third-order valence-electron chi connectivity index (χ3n) is 2.49. The van der Waals surface area contributed by atoms with Crippen molar-refractivity contribution in [2.75, 3.05) is 6.61 Å². The zero-order chi connectivity index (χ0) is 15.7. The zero-order valence-electron chi connectivity index (χ0n) is 12.1. The molecule has 21 heavy (non-hydrogen) atoms. The Morgan fingerprint density at radius 3 is 2.48 bits per heavy atom. The number of hydrogen-bond donors (Lipinski definition) is 4. The molecule has 1 aromatic rings. The molecule has 0 saturated carbocycles. The van der Waals surface area contributed by atoms with Gasteiger partial charge in [-0.3, -0.25) is 10.2 Å². The molecule has 116 valence electrons. The van der Waals surface area contributed by atoms with Gasteiger partial charge in [0.15, 0.2) is 0 Å². The molecule has 0 aliphatic rings. The summed E-state index contributed by atoms with van der Waals surface area (Å²) in [7, 11) is 0. The lowest BCUT2D eigenvalue weighted by molar-refractivity contribution is -0.125. The van der Waals surface area contributed by atoms with E-state index in [1.54, 1.807) is 0 Å². The van der Waals surface area contributed by atoms with Crippen LogP contribution in [0.5, 0.6) is 0 Å². The highest BCUT2D eigenvalue weighted by atomic mass is 16.5. The number of alkyl carbamates (subject to hydrolysis) is 1. The molecule has 4 N–H and O–H groups in total. The molecule has 0 aliphatic heterocycles. The van der Waals surface area contributed by atoms with Crippen molar-refractivity contribution in [2.24, 2.45) is 0 Å². The predicted octanol–water partition coefficient (Wildman–Crippen LogP) is 0.303. The van der Waals surface area contributed by atoms with Crippen molar-refractivity contribution in [3.05, 3.63) is 35.9 Å². The second-order valence-electron chi connectivity index (χ2n) is 4.73. The van der Waals surface area contributed by atoms with Crippen LogP contribution in [0.2, 0.25) is 0 Å². The van der Waals surface area contributed by atoms with Crippen LogP contribution in [0.1, 0.15) is 19.4 Å². The van der Waals surface area contributed by atoms with Crippen molar-refractivity contribution in [3.63, 3.8) is 0 Å². The molecule has 1 atom stereocenters. The Bertz CT molecular complexity index is 451. The first-order chi connectivity index (χ1) is 10.0. The van der Waals surface area contributed by atoms with Crippen LogP contribution >= 0.6 is 0 Å². The lowest BCUT2D eigenvalue weighted by Crippen LogP contribution is -2.53. The molecule has 1 rings (SSSR count). The fourth-order valence-electron chi connectivity index (χ4n) is 1.40. The van der Waals surface area contributed by atoms with E-state index in [-0.39, 0.29) is 12.6 Å². The van der Waals surface area contributed by atoms with Crippen LogP contribution in [0.15, 0.2) is 30.3 Å². The van der Waals surface area contributed by atoms with Gasteiger partial charge in [0.25, 0.3) is 5.91 Å². The number of carbonyl (C=O) groups excluding carboxylic acids is 2. The van der Waals surface area contributed by atoms with Gasteiger partial charge in [-0.05, 0) is 19.4 Å². The second kappa shape index (κ2) is 8.93. The van der Waals surface area contributed by atoms with Crippen LogP contribution < -0.4 is 16.2 Å². The van der Waals surface area contributed by atoms with E-state index < -0.39 is 24.6 Å². The Balaban J connectivity index is 2.38. The molecule has 0 radical (unpaired) electrons. The lowest BCUT2D eigenvalue weighted by atomic mass is 10.2. The topological polar surface area (TPSA) is 99.7 Å². The van der Waals surface area contributed by atoms with Crippen LogP contribution in [0, 0.1) is 0 Å². The minimum Gasteiger partial charge on any atom is -0.445 e. The molecule has 7 heteroatoms. The number of ether oxygens (including phenoxy) is 1. The Kier molecular flexibility index (Phi) is 7.20. The average Bonchev–Trinajstić information content (AvgIpc) is 2.49. The SMILES string of the molecule is CC(C)NNC(=O)[C@H](CO)NC(=O)OCc1ccccc1. The van der Waals surface area contributed by atoms with Gasteiger partial charge in [0.1, 0.15) is 12.6 Å². The quantitative estimate of drug-likeness (QED) is 0.542. The third-order valence-corrected chi connectivity index (χ3v) is 2.49. The number of rotatable bonds is 7. The highest BCUT2D eigenvalue weighted by molar-refractivity contribution is 5.85. The molecule has 2 amide bonds. The van der Waals surface area contributed by atoms with Crippen LogP contribution in [-0.4, -0.2) is 35.8 Å². The van der Waals surface area contributed by atoms with Gasteiger partial charge < -0.3 is 15.2 Å². The van der Waals surface area contributed by atoms with Crippen molar-refractivity contribution in [2.45, 2.75) is 32.5 Å². The highest BCUT2D eigenvalue weighted by Gasteiger charge is 2.20. The molecule has 1 aromatic carbocycles. The van der Waals surface area contributed by atoms with Crippen molar-refractivity contribution in [1.29, 1.82) is 0 Å². The molecular weight excluding hydrogens is 274 g/mol. The summed E-state index contributed by atoms with van der Waals surface area (Å²) in [5, 5.41) is 11.4. The van der Waals surface area contributed by atoms with Gasteiger partial charge in [0, 0.05) is 6.04 Å². The molecule has 0 saturated heterocycles. The minimum atomic E-state index is -1.07. The Hall–Kier alpha value is -2.12. The molecular formula is C14H21N3O4. The molecule has 0 aliphatic carbocycles. The van der Waals surface area contributed by atoms with Crippen LogP contribution in [-0.2, 0) is 16.1 Å². The summed E-state index contributed by atoms with van der Waals surface area (Å²) in [4.78, 5) is 23.3. The number of aliphatic hydroxyl groups excluding tert-OH is 1. The lowest BCUT2D eigenvalue weighted by Gasteiger charge is -2.17. The van der Waals surface area contributed by atoms with E-state index in [1.807, 2.05) is 44.2 Å². The molecule has 0 unspecified atom stereocenters. The van der Waals surface area contributed by atoms with Crippen LogP contribution in [0.4, 0.5) is 4.79 Å². The van der Waals surface area contributed by atoms with Crippen LogP contribution in [0.25, 0.3) is 0 Å². The summed E-state index contributed by atoms with van der Waals surface area (Å²) in [6.07, 6.45) is -0.766. The molecule has 7 nitrogen and oxygen atoms in total. The van der Waals surface area contributed by atoms with E-state index >= 15 is 0 Å². The van der Waals surface area contributed by atoms with E-state index in [9.17, 15) is 9.59 Å². The zero-order valence-corrected chi connectivity index (χ0v) is 12.1. The smallest absolute Gasteiger partial charge is 0.408 e. The summed E-state index contributed by atoms with van der Waals surface area (Å²) >= 11 is 0. The van der Waals surface area contributed by atoms with E-state index in [0.29, 0.717) is 0 Å². The van der Waals surface area contributed by atoms with E-state index in [0.717, 1.165) is 5.56 Å². The summed E-state index contributed by atoms with van der Waals surface area (Å²) in [5.41, 5.74) is 5.91. The number of hydrogen-bond acceptors (Lipinski definition) is 5. The fraction of sp³-hybridized carbons (Fsp3) is 0.429. The first-order valence-electron chi connectivity index (χ1n) is 6.66. The van der Waals surface area contributed by atoms with E-state index in [4.69, 9.17) is 9.84 Å². The van der Waals surface area contributed by atoms with Gasteiger partial charge in [-0.2, -0.15) is 0 Å². The molecule has 0 spiro atoms. The van der Waals surface area contributed by atoms with Gasteiger partial charge in [0.2, 0.25) is 0 Å². The van der Waals surface area contributed by atoms with E-state index in [2.05, 4.69) is 16.2 Å². The van der Waals surface area contributed by atoms with Gasteiger partial charge in [0.05, 0.1) is 6.61 Å². The van der Waals surface area contributed by atoms with Crippen molar-refractivity contribution < 1.29 is 19.4 Å². The van der Waals surface area contributed by atoms with Crippen LogP contribution in [0.3, 0.4) is 0 Å². The Labute approximate surface area is 123 Å². The minimum absolute atomic E-state index is 0.0401. The normalized spacial score (nSPS) is 11.8. The monoisotopic (exact) mass is 295 g/mol. The Morgan fingerprint density at radius 2 is 1.90 bits per heavy atom. The molecule has 0 heterocycles. The third kappa shape index (κ3) is 6.73. The summed E-state index contributed by atoms with van der Waals surface area (Å²) in [6, 6.07) is 8.12. The first kappa shape index (κ1) is 16.9. The maximum Gasteiger partial charge on any atom is 0.408 e. The first-order valence-corrected chi connectivity index (χ1v) is 6.66. The number of amides is 2. The van der Waals surface area contributed by atoms with Crippen molar-refractivity contribution in [1.82, 2.24) is 16.2 Å². The summed E-state index contributed by atoms with van der Waals surface area (Å²) in [5.74, 6) is -0.539. The van der Waals surface area contributed by atoms with Crippen molar-refractivity contribution >= 4 is 12.0 Å². The van der Waals surface area contributed by atoms with Gasteiger partial charge >= 0.3 is 6.09 Å². The number of carbonyl (C=O) groups is 2. The standard InChI is InChI=1S/C14H21N3O4/c1-10(2)16-17-13(19)12(8-18)15-14(20)21-9-11-6-4-3-5-7-11/h3-7,10,12,16,18H,8-9H2,1-2H3,(H,15,20)(H,17,19)/t12-/m0/s1. The molecule has 0 aromatic heterocycles. The molecule has 0 bridgehead atoms. The van der Waals surface area contributed by atoms with Gasteiger partial charge in [-0.25, -0.2) is 10.2 Å². The number of aliphatic hydroxyl groups is 1. The Morgan fingerprint density at radius 1 is 1.24 bits per heavy atom. The van der Waals surface area contributed by atoms with Gasteiger partial charge in [-0.1, -0.05) is 30.3 Å². The summed E-state index contributed by atoms with van der Waals surface area (Å²) < 4.78 is 4.97. The van der Waals surface area contributed by atoms with Crippen molar-refractivity contribution in [3.8, 4) is 0 Å². The average molecular weight is 295 g/mol. The largest absolute Gasteiger partial charge is 0.445 e. The molecule has 0 fully saturated rings. The highest BCUT2D eigenvalue weighted by Crippen LogP contribution is 2.00. The fourth-order valence-corrected chi connectivity index (χ4v) is 1.40. The van der Waals surface area contributed by atoms with Gasteiger partial charge in [-0.15, -0.1) is 0 Å². The summed E-state index contributed by atoms with van der Waals surface area (Å²) in [6.45, 7) is 3.26. The number of hydrazine groups is 1. The maximum atomic E-state index is 11.7. The maximum absolute atomic E-state index is 11.7.